The minimum absolute atomic E-state index is 0.0150. The van der Waals surface area contributed by atoms with E-state index in [-0.39, 0.29) is 11.8 Å². The first-order valence-electron chi connectivity index (χ1n) is 5.90. The number of rotatable bonds is 5. The van der Waals surface area contributed by atoms with Crippen LogP contribution in [0.5, 0.6) is 0 Å². The topological polar surface area (TPSA) is 107 Å². The van der Waals surface area contributed by atoms with Gasteiger partial charge in [-0.2, -0.15) is 23.3 Å². The maximum atomic E-state index is 12.7. The number of hydrogen-bond donors (Lipinski definition) is 3. The number of hydrazine groups is 1. The van der Waals surface area contributed by atoms with Crippen molar-refractivity contribution >= 4 is 11.8 Å². The van der Waals surface area contributed by atoms with Gasteiger partial charge in [0.2, 0.25) is 5.95 Å². The lowest BCUT2D eigenvalue weighted by atomic mass is 10.3. The van der Waals surface area contributed by atoms with Crippen molar-refractivity contribution in [3.63, 3.8) is 0 Å². The number of aryl methyl sites for hydroxylation is 1. The second kappa shape index (κ2) is 5.91. The lowest BCUT2D eigenvalue weighted by molar-refractivity contribution is -0.141. The molecule has 21 heavy (non-hydrogen) atoms. The summed E-state index contributed by atoms with van der Waals surface area (Å²) in [5.41, 5.74) is 0.921. The Hall–Kier alpha value is -2.43. The molecule has 2 heterocycles. The van der Waals surface area contributed by atoms with Gasteiger partial charge in [-0.25, -0.2) is 15.8 Å². The van der Waals surface area contributed by atoms with Crippen LogP contribution >= 0.6 is 0 Å². The van der Waals surface area contributed by atoms with Crippen LogP contribution in [0.2, 0.25) is 0 Å². The van der Waals surface area contributed by atoms with E-state index in [1.807, 2.05) is 5.43 Å². The van der Waals surface area contributed by atoms with Gasteiger partial charge >= 0.3 is 6.18 Å². The summed E-state index contributed by atoms with van der Waals surface area (Å²) in [4.78, 5) is 11.1. The maximum Gasteiger partial charge on any atom is 0.433 e. The molecule has 0 saturated heterocycles. The first kappa shape index (κ1) is 15.0. The summed E-state index contributed by atoms with van der Waals surface area (Å²) in [6.07, 6.45) is -2.59. The number of alkyl halides is 3. The average molecular weight is 302 g/mol. The Labute approximate surface area is 117 Å². The van der Waals surface area contributed by atoms with Gasteiger partial charge in [-0.3, -0.25) is 10.1 Å². The minimum atomic E-state index is -4.58. The molecule has 0 aliphatic carbocycles. The van der Waals surface area contributed by atoms with Crippen LogP contribution < -0.4 is 16.6 Å². The fourth-order valence-corrected chi connectivity index (χ4v) is 1.55. The van der Waals surface area contributed by atoms with E-state index in [2.05, 4.69) is 25.4 Å². The van der Waals surface area contributed by atoms with E-state index in [0.29, 0.717) is 18.8 Å². The number of aromatic nitrogens is 5. The van der Waals surface area contributed by atoms with Gasteiger partial charge in [0, 0.05) is 26.1 Å². The van der Waals surface area contributed by atoms with E-state index in [1.54, 1.807) is 7.05 Å². The Balaban J connectivity index is 2.05. The van der Waals surface area contributed by atoms with E-state index in [4.69, 9.17) is 5.84 Å². The second-order valence-corrected chi connectivity index (χ2v) is 4.12. The van der Waals surface area contributed by atoms with Crippen molar-refractivity contribution in [2.45, 2.75) is 12.6 Å². The van der Waals surface area contributed by atoms with Crippen LogP contribution in [0, 0.1) is 0 Å². The molecular weight excluding hydrogens is 289 g/mol. The Bertz CT molecular complexity index is 609. The normalized spacial score (nSPS) is 11.5. The predicted molar refractivity (Wildman–Crippen MR) is 68.0 cm³/mol. The SMILES string of the molecule is Cn1cnc(CCNc2cc(C(F)(F)F)nc(NN)n2)n1. The van der Waals surface area contributed by atoms with Gasteiger partial charge in [-0.05, 0) is 0 Å². The second-order valence-electron chi connectivity index (χ2n) is 4.12. The smallest absolute Gasteiger partial charge is 0.369 e. The molecule has 0 unspecified atom stereocenters. The van der Waals surface area contributed by atoms with Crippen LogP contribution in [0.25, 0.3) is 0 Å². The van der Waals surface area contributed by atoms with Gasteiger partial charge in [-0.15, -0.1) is 0 Å². The molecule has 0 aromatic carbocycles. The van der Waals surface area contributed by atoms with E-state index in [1.165, 1.54) is 11.0 Å². The van der Waals surface area contributed by atoms with Crippen molar-refractivity contribution in [2.75, 3.05) is 17.3 Å². The summed E-state index contributed by atoms with van der Waals surface area (Å²) in [6, 6.07) is 0.812. The van der Waals surface area contributed by atoms with Crippen LogP contribution in [0.4, 0.5) is 24.9 Å². The number of hydrogen-bond acceptors (Lipinski definition) is 7. The molecule has 0 atom stereocenters. The Morgan fingerprint density at radius 1 is 1.33 bits per heavy atom. The molecular formula is C10H13F3N8. The Morgan fingerprint density at radius 2 is 2.10 bits per heavy atom. The molecule has 11 heteroatoms. The first-order chi connectivity index (χ1) is 9.88. The van der Waals surface area contributed by atoms with E-state index in [9.17, 15) is 13.2 Å². The lowest BCUT2D eigenvalue weighted by Gasteiger charge is -2.10. The molecule has 0 saturated carbocycles. The van der Waals surface area contributed by atoms with E-state index < -0.39 is 11.9 Å². The zero-order chi connectivity index (χ0) is 15.5. The number of halogens is 3. The third kappa shape index (κ3) is 4.02. The molecule has 4 N–H and O–H groups in total. The molecule has 0 aliphatic rings. The summed E-state index contributed by atoms with van der Waals surface area (Å²) in [6.45, 7) is 0.322. The summed E-state index contributed by atoms with van der Waals surface area (Å²) in [5, 5.41) is 6.81. The van der Waals surface area contributed by atoms with Crippen LogP contribution in [-0.4, -0.2) is 31.3 Å². The van der Waals surface area contributed by atoms with Crippen LogP contribution in [0.15, 0.2) is 12.4 Å². The molecule has 0 aliphatic heterocycles. The summed E-state index contributed by atoms with van der Waals surface area (Å²) < 4.78 is 39.5. The highest BCUT2D eigenvalue weighted by Gasteiger charge is 2.33. The van der Waals surface area contributed by atoms with Gasteiger partial charge in [0.15, 0.2) is 11.5 Å². The van der Waals surface area contributed by atoms with Gasteiger partial charge < -0.3 is 5.32 Å². The van der Waals surface area contributed by atoms with Crippen LogP contribution in [-0.2, 0) is 19.6 Å². The van der Waals surface area contributed by atoms with Crippen molar-refractivity contribution < 1.29 is 13.2 Å². The highest BCUT2D eigenvalue weighted by molar-refractivity contribution is 5.42. The van der Waals surface area contributed by atoms with Crippen molar-refractivity contribution in [1.29, 1.82) is 0 Å². The average Bonchev–Trinajstić information content (AvgIpc) is 2.83. The minimum Gasteiger partial charge on any atom is -0.369 e. The lowest BCUT2D eigenvalue weighted by Crippen LogP contribution is -2.17. The molecule has 2 aromatic heterocycles. The maximum absolute atomic E-state index is 12.7. The molecule has 0 radical (unpaired) electrons. The van der Waals surface area contributed by atoms with Gasteiger partial charge in [0.05, 0.1) is 0 Å². The van der Waals surface area contributed by atoms with Gasteiger partial charge in [0.25, 0.3) is 0 Å². The summed E-state index contributed by atoms with van der Waals surface area (Å²) in [5.74, 6) is 5.34. The van der Waals surface area contributed by atoms with Crippen molar-refractivity contribution in [3.05, 3.63) is 23.9 Å². The molecule has 0 fully saturated rings. The third-order valence-corrected chi connectivity index (χ3v) is 2.45. The number of nitrogens with zero attached hydrogens (tertiary/aromatic N) is 5. The number of nitrogens with one attached hydrogen (secondary N) is 2. The predicted octanol–water partition coefficient (Wildman–Crippen LogP) is 0.564. The van der Waals surface area contributed by atoms with Crippen LogP contribution in [0.3, 0.4) is 0 Å². The quantitative estimate of drug-likeness (QED) is 0.547. The summed E-state index contributed by atoms with van der Waals surface area (Å²) >= 11 is 0. The zero-order valence-corrected chi connectivity index (χ0v) is 11.0. The molecule has 0 bridgehead atoms. The fraction of sp³-hybridized carbons (Fsp3) is 0.400. The highest BCUT2D eigenvalue weighted by Crippen LogP contribution is 2.29. The van der Waals surface area contributed by atoms with E-state index >= 15 is 0 Å². The summed E-state index contributed by atoms with van der Waals surface area (Å²) in [7, 11) is 1.73. The Kier molecular flexibility index (Phi) is 4.21. The standard InChI is InChI=1S/C10H13F3N8/c1-21-5-16-7(20-21)2-3-15-8-4-6(10(11,12)13)17-9(18-8)19-14/h4-5H,2-3,14H2,1H3,(H2,15,17,18,19). The molecule has 8 nitrogen and oxygen atoms in total. The van der Waals surface area contributed by atoms with Gasteiger partial charge in [-0.1, -0.05) is 0 Å². The zero-order valence-electron chi connectivity index (χ0n) is 11.0. The third-order valence-electron chi connectivity index (χ3n) is 2.45. The van der Waals surface area contributed by atoms with Crippen molar-refractivity contribution in [1.82, 2.24) is 24.7 Å². The molecule has 2 rings (SSSR count). The largest absolute Gasteiger partial charge is 0.433 e. The van der Waals surface area contributed by atoms with Gasteiger partial charge in [0.1, 0.15) is 12.1 Å². The number of anilines is 2. The first-order valence-corrected chi connectivity index (χ1v) is 5.90. The number of nitrogens with two attached hydrogens (primary N) is 1. The number of nitrogen functional groups attached to an aromatic ring is 1. The van der Waals surface area contributed by atoms with Crippen molar-refractivity contribution in [2.24, 2.45) is 12.9 Å². The van der Waals surface area contributed by atoms with Crippen molar-refractivity contribution in [3.8, 4) is 0 Å². The molecule has 2 aromatic rings. The monoisotopic (exact) mass is 302 g/mol. The Morgan fingerprint density at radius 3 is 2.67 bits per heavy atom. The molecule has 0 amide bonds. The molecule has 114 valence electrons. The van der Waals surface area contributed by atoms with E-state index in [0.717, 1.165) is 6.07 Å². The molecule has 0 spiro atoms. The van der Waals surface area contributed by atoms with Crippen LogP contribution in [0.1, 0.15) is 11.5 Å². The fourth-order valence-electron chi connectivity index (χ4n) is 1.55. The highest BCUT2D eigenvalue weighted by atomic mass is 19.4.